The molecule has 0 spiro atoms. The summed E-state index contributed by atoms with van der Waals surface area (Å²) in [5.74, 6) is -0.643. The van der Waals surface area contributed by atoms with Gasteiger partial charge in [0, 0.05) is 36.9 Å². The lowest BCUT2D eigenvalue weighted by atomic mass is 10.0. The number of non-ortho nitro benzene ring substituents is 1. The van der Waals surface area contributed by atoms with Gasteiger partial charge in [-0.15, -0.1) is 0 Å². The van der Waals surface area contributed by atoms with Crippen molar-refractivity contribution in [3.63, 3.8) is 0 Å². The highest BCUT2D eigenvalue weighted by Crippen LogP contribution is 2.22. The number of hydrogen-bond acceptors (Lipinski definition) is 5. The first-order valence-electron chi connectivity index (χ1n) is 10.4. The molecule has 0 aliphatic carbocycles. The molecule has 2 amide bonds. The molecule has 3 rings (SSSR count). The molecular weight excluding hydrogens is 422 g/mol. The minimum atomic E-state index is -0.460. The number of amides is 2. The Labute approximate surface area is 191 Å². The van der Waals surface area contributed by atoms with Gasteiger partial charge in [0.25, 0.3) is 5.69 Å². The quantitative estimate of drug-likeness (QED) is 0.306. The number of carbonyl (C=O) groups excluding carboxylic acids is 2. The third kappa shape index (κ3) is 6.13. The van der Waals surface area contributed by atoms with Crippen molar-refractivity contribution in [1.82, 2.24) is 9.99 Å². The molecule has 33 heavy (non-hydrogen) atoms. The van der Waals surface area contributed by atoms with Crippen LogP contribution >= 0.6 is 0 Å². The second-order valence-electron chi connectivity index (χ2n) is 7.70. The van der Waals surface area contributed by atoms with Crippen LogP contribution in [0.3, 0.4) is 0 Å². The molecule has 2 N–H and O–H groups in total. The van der Waals surface area contributed by atoms with E-state index in [1.165, 1.54) is 18.3 Å². The molecule has 0 unspecified atom stereocenters. The monoisotopic (exact) mass is 447 g/mol. The first-order chi connectivity index (χ1) is 15.7. The van der Waals surface area contributed by atoms with E-state index in [4.69, 9.17) is 0 Å². The van der Waals surface area contributed by atoms with Gasteiger partial charge in [-0.05, 0) is 50.1 Å². The SMILES string of the molecule is Cc1cc(C)c(NC(=O)CCC(=O)N/N=C/c2cccn2-c2cccc([N+](=O)[O-])c2)c(C)c1. The van der Waals surface area contributed by atoms with Gasteiger partial charge in [0.15, 0.2) is 0 Å². The Kier molecular flexibility index (Phi) is 7.34. The topological polar surface area (TPSA) is 119 Å². The smallest absolute Gasteiger partial charge is 0.271 e. The van der Waals surface area contributed by atoms with Gasteiger partial charge in [-0.3, -0.25) is 19.7 Å². The zero-order chi connectivity index (χ0) is 24.0. The Bertz CT molecular complexity index is 1210. The zero-order valence-electron chi connectivity index (χ0n) is 18.7. The van der Waals surface area contributed by atoms with E-state index in [1.807, 2.05) is 32.9 Å². The van der Waals surface area contributed by atoms with Crippen LogP contribution in [0.5, 0.6) is 0 Å². The van der Waals surface area contributed by atoms with E-state index in [9.17, 15) is 19.7 Å². The Balaban J connectivity index is 1.54. The number of anilines is 1. The number of hydrogen-bond donors (Lipinski definition) is 2. The molecule has 0 aliphatic heterocycles. The van der Waals surface area contributed by atoms with E-state index in [1.54, 1.807) is 35.0 Å². The number of nitro groups is 1. The summed E-state index contributed by atoms with van der Waals surface area (Å²) in [5.41, 5.74) is 7.45. The lowest BCUT2D eigenvalue weighted by Crippen LogP contribution is -2.21. The largest absolute Gasteiger partial charge is 0.326 e. The first-order valence-corrected chi connectivity index (χ1v) is 10.4. The summed E-state index contributed by atoms with van der Waals surface area (Å²) in [6.07, 6.45) is 3.19. The maximum absolute atomic E-state index is 12.3. The maximum atomic E-state index is 12.3. The van der Waals surface area contributed by atoms with Crippen LogP contribution in [0.4, 0.5) is 11.4 Å². The number of aryl methyl sites for hydroxylation is 3. The Morgan fingerprint density at radius 1 is 1.03 bits per heavy atom. The molecule has 170 valence electrons. The van der Waals surface area contributed by atoms with Gasteiger partial charge in [0.1, 0.15) is 0 Å². The fourth-order valence-electron chi connectivity index (χ4n) is 3.52. The molecule has 1 aromatic heterocycles. The summed E-state index contributed by atoms with van der Waals surface area (Å²) in [6, 6.07) is 13.7. The van der Waals surface area contributed by atoms with E-state index < -0.39 is 10.8 Å². The minimum absolute atomic E-state index is 0.0149. The summed E-state index contributed by atoms with van der Waals surface area (Å²) in [5, 5.41) is 17.8. The number of benzene rings is 2. The molecule has 1 heterocycles. The average Bonchev–Trinajstić information content (AvgIpc) is 3.23. The molecule has 0 fully saturated rings. The number of hydrazone groups is 1. The number of nitrogens with one attached hydrogen (secondary N) is 2. The van der Waals surface area contributed by atoms with Crippen molar-refractivity contribution in [1.29, 1.82) is 0 Å². The van der Waals surface area contributed by atoms with E-state index in [-0.39, 0.29) is 24.4 Å². The normalized spacial score (nSPS) is 10.9. The van der Waals surface area contributed by atoms with Crippen molar-refractivity contribution < 1.29 is 14.5 Å². The van der Waals surface area contributed by atoms with Gasteiger partial charge in [0.2, 0.25) is 11.8 Å². The number of carbonyl (C=O) groups is 2. The van der Waals surface area contributed by atoms with Gasteiger partial charge in [0.05, 0.1) is 22.5 Å². The lowest BCUT2D eigenvalue weighted by Gasteiger charge is -2.12. The fourth-order valence-corrected chi connectivity index (χ4v) is 3.52. The highest BCUT2D eigenvalue weighted by molar-refractivity contribution is 5.94. The van der Waals surface area contributed by atoms with E-state index in [2.05, 4.69) is 15.8 Å². The van der Waals surface area contributed by atoms with Crippen molar-refractivity contribution in [3.05, 3.63) is 87.2 Å². The van der Waals surface area contributed by atoms with Gasteiger partial charge in [-0.1, -0.05) is 23.8 Å². The second kappa shape index (κ2) is 10.4. The van der Waals surface area contributed by atoms with Crippen LogP contribution in [-0.4, -0.2) is 27.5 Å². The van der Waals surface area contributed by atoms with Gasteiger partial charge in [-0.2, -0.15) is 5.10 Å². The third-order valence-corrected chi connectivity index (χ3v) is 5.01. The van der Waals surface area contributed by atoms with Gasteiger partial charge in [-0.25, -0.2) is 5.43 Å². The highest BCUT2D eigenvalue weighted by atomic mass is 16.6. The van der Waals surface area contributed by atoms with Crippen LogP contribution in [0, 0.1) is 30.9 Å². The van der Waals surface area contributed by atoms with E-state index in [0.29, 0.717) is 11.4 Å². The van der Waals surface area contributed by atoms with Crippen LogP contribution in [0.1, 0.15) is 35.2 Å². The number of aromatic nitrogens is 1. The molecule has 0 atom stereocenters. The zero-order valence-corrected chi connectivity index (χ0v) is 18.7. The number of nitrogens with zero attached hydrogens (tertiary/aromatic N) is 3. The third-order valence-electron chi connectivity index (χ3n) is 5.01. The molecule has 0 radical (unpaired) electrons. The summed E-state index contributed by atoms with van der Waals surface area (Å²) >= 11 is 0. The van der Waals surface area contributed by atoms with Crippen molar-refractivity contribution in [2.45, 2.75) is 33.6 Å². The van der Waals surface area contributed by atoms with Crippen LogP contribution < -0.4 is 10.7 Å². The Hall–Kier alpha value is -4.27. The van der Waals surface area contributed by atoms with Crippen LogP contribution in [0.15, 0.2) is 59.8 Å². The summed E-state index contributed by atoms with van der Waals surface area (Å²) in [4.78, 5) is 34.9. The van der Waals surface area contributed by atoms with Crippen LogP contribution in [-0.2, 0) is 9.59 Å². The van der Waals surface area contributed by atoms with E-state index >= 15 is 0 Å². The van der Waals surface area contributed by atoms with Gasteiger partial charge < -0.3 is 9.88 Å². The van der Waals surface area contributed by atoms with Gasteiger partial charge >= 0.3 is 0 Å². The molecule has 0 saturated heterocycles. The maximum Gasteiger partial charge on any atom is 0.271 e. The molecule has 2 aromatic carbocycles. The van der Waals surface area contributed by atoms with Crippen molar-refractivity contribution in [2.24, 2.45) is 5.10 Å². The molecule has 0 bridgehead atoms. The average molecular weight is 447 g/mol. The van der Waals surface area contributed by atoms with Crippen LogP contribution in [0.25, 0.3) is 5.69 Å². The van der Waals surface area contributed by atoms with Crippen molar-refractivity contribution >= 4 is 29.4 Å². The molecule has 3 aromatic rings. The Morgan fingerprint density at radius 2 is 1.73 bits per heavy atom. The molecule has 0 aliphatic rings. The summed E-state index contributed by atoms with van der Waals surface area (Å²) in [7, 11) is 0. The summed E-state index contributed by atoms with van der Waals surface area (Å²) in [6.45, 7) is 5.86. The molecule has 0 saturated carbocycles. The molecule has 9 heteroatoms. The van der Waals surface area contributed by atoms with Crippen molar-refractivity contribution in [3.8, 4) is 5.69 Å². The fraction of sp³-hybridized carbons (Fsp3) is 0.208. The number of nitro benzene ring substituents is 1. The number of rotatable bonds is 8. The molecule has 9 nitrogen and oxygen atoms in total. The van der Waals surface area contributed by atoms with Crippen molar-refractivity contribution in [2.75, 3.05) is 5.32 Å². The second-order valence-corrected chi connectivity index (χ2v) is 7.70. The molecular formula is C24H25N5O4. The predicted molar refractivity (Wildman–Crippen MR) is 127 cm³/mol. The summed E-state index contributed by atoms with van der Waals surface area (Å²) < 4.78 is 1.71. The Morgan fingerprint density at radius 3 is 2.42 bits per heavy atom. The minimum Gasteiger partial charge on any atom is -0.326 e. The van der Waals surface area contributed by atoms with E-state index in [0.717, 1.165) is 22.4 Å². The standard InChI is InChI=1S/C24H25N5O4/c1-16-12-17(2)24(18(3)13-16)26-22(30)9-10-23(31)27-25-15-21-8-5-11-28(21)19-6-4-7-20(14-19)29(32)33/h4-8,11-15H,9-10H2,1-3H3,(H,26,30)(H,27,31)/b25-15+. The lowest BCUT2D eigenvalue weighted by molar-refractivity contribution is -0.384. The highest BCUT2D eigenvalue weighted by Gasteiger charge is 2.11. The van der Waals surface area contributed by atoms with Crippen LogP contribution in [0.2, 0.25) is 0 Å². The first kappa shape index (κ1) is 23.4. The predicted octanol–water partition coefficient (Wildman–Crippen LogP) is 4.18.